The Morgan fingerprint density at radius 3 is 1.98 bits per heavy atom. The summed E-state index contributed by atoms with van der Waals surface area (Å²) in [6, 6.07) is 0. The molecule has 0 saturated heterocycles. The number of carbonyl (C=O) groups is 2. The Balaban J connectivity index is 4.22. The van der Waals surface area contributed by atoms with Crippen LogP contribution in [0.1, 0.15) is 143 Å². The van der Waals surface area contributed by atoms with E-state index in [0.717, 1.165) is 44.4 Å². The highest BCUT2D eigenvalue weighted by atomic mass is 31.2. The number of allylic oxidation sites excluding steroid dienone is 7. The summed E-state index contributed by atoms with van der Waals surface area (Å²) in [5, 5.41) is 10.1. The Morgan fingerprint density at radius 2 is 1.32 bits per heavy atom. The van der Waals surface area contributed by atoms with Crippen LogP contribution >= 0.6 is 7.82 Å². The van der Waals surface area contributed by atoms with Gasteiger partial charge in [0.15, 0.2) is 6.10 Å². The Kier molecular flexibility index (Phi) is 29.9. The van der Waals surface area contributed by atoms with Gasteiger partial charge in [-0.2, -0.15) is 0 Å². The van der Waals surface area contributed by atoms with Crippen molar-refractivity contribution in [3.8, 4) is 0 Å². The first-order valence-electron chi connectivity index (χ1n) is 17.9. The van der Waals surface area contributed by atoms with Crippen LogP contribution in [0.15, 0.2) is 48.6 Å². The minimum absolute atomic E-state index is 0.0380. The standard InChI is InChI=1S/C37H65O9P/c1-4-5-6-7-8-9-10-11-12-13-17-20-23-27-34(38)28-25-30-36(39)44-31-35(32-45-47(41,42)43)46-37(40)29-24-21-18-15-14-16-19-22-26-33(2)3/h8-9,11-12,17,20,23,27,33-35,38H,4-7,10,13-16,18-19,21-22,24-26,28-32H2,1-3H3,(H2,41,42,43)/b9-8-,12-11-,20-17-,27-23+/t34-,35-/m1/s1. The van der Waals surface area contributed by atoms with Gasteiger partial charge in [0.25, 0.3) is 0 Å². The van der Waals surface area contributed by atoms with E-state index in [9.17, 15) is 19.3 Å². The van der Waals surface area contributed by atoms with Gasteiger partial charge in [-0.05, 0) is 50.9 Å². The highest BCUT2D eigenvalue weighted by Gasteiger charge is 2.23. The summed E-state index contributed by atoms with van der Waals surface area (Å²) in [7, 11) is -4.79. The molecule has 0 spiro atoms. The maximum absolute atomic E-state index is 12.3. The lowest BCUT2D eigenvalue weighted by Gasteiger charge is -2.18. The molecule has 0 amide bonds. The molecule has 0 aliphatic heterocycles. The van der Waals surface area contributed by atoms with E-state index in [1.165, 1.54) is 51.4 Å². The van der Waals surface area contributed by atoms with Gasteiger partial charge in [0.05, 0.1) is 12.7 Å². The second-order valence-electron chi connectivity index (χ2n) is 12.5. The molecule has 0 fully saturated rings. The van der Waals surface area contributed by atoms with Gasteiger partial charge in [0.2, 0.25) is 0 Å². The van der Waals surface area contributed by atoms with Crippen molar-refractivity contribution in [1.82, 2.24) is 0 Å². The summed E-state index contributed by atoms with van der Waals surface area (Å²) in [5.41, 5.74) is 0. The van der Waals surface area contributed by atoms with Crippen LogP contribution in [0.2, 0.25) is 0 Å². The van der Waals surface area contributed by atoms with E-state index in [4.69, 9.17) is 19.3 Å². The molecule has 0 aromatic carbocycles. The average molecular weight is 685 g/mol. The first-order valence-corrected chi connectivity index (χ1v) is 19.4. The van der Waals surface area contributed by atoms with E-state index in [0.29, 0.717) is 19.3 Å². The van der Waals surface area contributed by atoms with Crippen LogP contribution in [0.5, 0.6) is 0 Å². The molecule has 10 heteroatoms. The third-order valence-electron chi connectivity index (χ3n) is 7.38. The van der Waals surface area contributed by atoms with E-state index >= 15 is 0 Å². The molecule has 0 bridgehead atoms. The quantitative estimate of drug-likeness (QED) is 0.0214. The van der Waals surface area contributed by atoms with E-state index in [-0.39, 0.29) is 19.4 Å². The molecule has 0 aromatic rings. The van der Waals surface area contributed by atoms with Crippen LogP contribution in [-0.4, -0.2) is 52.3 Å². The Labute approximate surface area is 285 Å². The normalized spacial score (nSPS) is 13.9. The summed E-state index contributed by atoms with van der Waals surface area (Å²) in [5.74, 6) is -0.337. The largest absolute Gasteiger partial charge is 0.469 e. The lowest BCUT2D eigenvalue weighted by atomic mass is 10.0. The molecule has 2 atom stereocenters. The van der Waals surface area contributed by atoms with Crippen molar-refractivity contribution in [2.75, 3.05) is 13.2 Å². The highest BCUT2D eigenvalue weighted by molar-refractivity contribution is 7.46. The molecule has 0 rings (SSSR count). The number of esters is 2. The van der Waals surface area contributed by atoms with Gasteiger partial charge in [-0.1, -0.05) is 134 Å². The summed E-state index contributed by atoms with van der Waals surface area (Å²) < 4.78 is 26.1. The van der Waals surface area contributed by atoms with Crippen LogP contribution in [0.4, 0.5) is 0 Å². The van der Waals surface area contributed by atoms with Gasteiger partial charge in [0, 0.05) is 12.8 Å². The van der Waals surface area contributed by atoms with Crippen molar-refractivity contribution >= 4 is 19.8 Å². The van der Waals surface area contributed by atoms with E-state index in [2.05, 4.69) is 49.6 Å². The van der Waals surface area contributed by atoms with Crippen LogP contribution in [0.3, 0.4) is 0 Å². The van der Waals surface area contributed by atoms with Gasteiger partial charge in [0.1, 0.15) is 6.61 Å². The zero-order valence-electron chi connectivity index (χ0n) is 29.4. The lowest BCUT2D eigenvalue weighted by Crippen LogP contribution is -2.29. The fraction of sp³-hybridized carbons (Fsp3) is 0.730. The SMILES string of the molecule is CCCCC/C=C\C/C=C\C/C=C\C=C\[C@@H](O)CCCC(=O)OC[C@H](COP(=O)(O)O)OC(=O)CCCCCCCCCCC(C)C. The molecule has 0 saturated carbocycles. The van der Waals surface area contributed by atoms with Crippen LogP contribution < -0.4 is 0 Å². The zero-order valence-corrected chi connectivity index (χ0v) is 30.3. The monoisotopic (exact) mass is 684 g/mol. The van der Waals surface area contributed by atoms with E-state index in [1.54, 1.807) is 12.2 Å². The summed E-state index contributed by atoms with van der Waals surface area (Å²) in [6.07, 6.45) is 31.7. The molecular weight excluding hydrogens is 619 g/mol. The van der Waals surface area contributed by atoms with Gasteiger partial charge in [-0.15, -0.1) is 0 Å². The second kappa shape index (κ2) is 31.3. The van der Waals surface area contributed by atoms with Crippen LogP contribution in [-0.2, 0) is 28.2 Å². The molecule has 0 aliphatic rings. The number of aliphatic hydroxyl groups excluding tert-OH is 1. The second-order valence-corrected chi connectivity index (χ2v) is 13.8. The summed E-state index contributed by atoms with van der Waals surface area (Å²) in [4.78, 5) is 42.6. The van der Waals surface area contributed by atoms with Crippen molar-refractivity contribution in [3.63, 3.8) is 0 Å². The topological polar surface area (TPSA) is 140 Å². The Bertz CT molecular complexity index is 936. The molecule has 0 aromatic heterocycles. The molecule has 47 heavy (non-hydrogen) atoms. The highest BCUT2D eigenvalue weighted by Crippen LogP contribution is 2.36. The maximum atomic E-state index is 12.3. The number of rotatable bonds is 31. The van der Waals surface area contributed by atoms with Gasteiger partial charge >= 0.3 is 19.8 Å². The minimum Gasteiger partial charge on any atom is -0.462 e. The Morgan fingerprint density at radius 1 is 0.702 bits per heavy atom. The first-order chi connectivity index (χ1) is 22.5. The van der Waals surface area contributed by atoms with E-state index < -0.39 is 38.6 Å². The predicted octanol–water partition coefficient (Wildman–Crippen LogP) is 9.22. The fourth-order valence-corrected chi connectivity index (χ4v) is 5.02. The fourth-order valence-electron chi connectivity index (χ4n) is 4.66. The molecule has 0 heterocycles. The molecule has 0 unspecified atom stereocenters. The number of ether oxygens (including phenoxy) is 2. The van der Waals surface area contributed by atoms with Crippen LogP contribution in [0, 0.1) is 5.92 Å². The molecule has 0 radical (unpaired) electrons. The van der Waals surface area contributed by atoms with Crippen molar-refractivity contribution < 1.29 is 43.0 Å². The molecule has 0 aliphatic carbocycles. The van der Waals surface area contributed by atoms with Gasteiger partial charge in [-0.25, -0.2) is 4.57 Å². The van der Waals surface area contributed by atoms with Crippen molar-refractivity contribution in [2.45, 2.75) is 155 Å². The molecule has 3 N–H and O–H groups in total. The summed E-state index contributed by atoms with van der Waals surface area (Å²) in [6.45, 7) is 5.72. The third kappa shape index (κ3) is 35.1. The smallest absolute Gasteiger partial charge is 0.462 e. The minimum atomic E-state index is -4.79. The number of carbonyl (C=O) groups excluding carboxylic acids is 2. The van der Waals surface area contributed by atoms with Crippen LogP contribution in [0.25, 0.3) is 0 Å². The molecule has 9 nitrogen and oxygen atoms in total. The van der Waals surface area contributed by atoms with Gasteiger partial charge < -0.3 is 24.4 Å². The van der Waals surface area contributed by atoms with E-state index in [1.807, 2.05) is 12.2 Å². The number of hydrogen-bond acceptors (Lipinski definition) is 7. The first kappa shape index (κ1) is 45.0. The summed E-state index contributed by atoms with van der Waals surface area (Å²) >= 11 is 0. The lowest BCUT2D eigenvalue weighted by molar-refractivity contribution is -0.161. The zero-order chi connectivity index (χ0) is 35.0. The number of aliphatic hydroxyl groups is 1. The number of unbranched alkanes of at least 4 members (excludes halogenated alkanes) is 10. The van der Waals surface area contributed by atoms with Crippen molar-refractivity contribution in [1.29, 1.82) is 0 Å². The maximum Gasteiger partial charge on any atom is 0.469 e. The number of phosphoric acid groups is 1. The number of hydrogen-bond donors (Lipinski definition) is 3. The Hall–Kier alpha value is -2.03. The third-order valence-corrected chi connectivity index (χ3v) is 7.87. The van der Waals surface area contributed by atoms with Crippen molar-refractivity contribution in [3.05, 3.63) is 48.6 Å². The average Bonchev–Trinajstić information content (AvgIpc) is 3.01. The number of phosphoric ester groups is 1. The van der Waals surface area contributed by atoms with Crippen molar-refractivity contribution in [2.24, 2.45) is 5.92 Å². The molecule has 272 valence electrons. The predicted molar refractivity (Wildman–Crippen MR) is 190 cm³/mol. The van der Waals surface area contributed by atoms with Gasteiger partial charge in [-0.3, -0.25) is 14.1 Å². The molecular formula is C37H65O9P.